The number of halogens is 1. The molecule has 1 rings (SSSR count). The lowest BCUT2D eigenvalue weighted by atomic mass is 10.0. The number of carboxylic acid groups (broad SMARTS) is 1. The Bertz CT molecular complexity index is 358. The van der Waals surface area contributed by atoms with Crippen molar-refractivity contribution in [2.45, 2.75) is 12.2 Å². The molecule has 2 unspecified atom stereocenters. The Labute approximate surface area is 94.5 Å². The number of rotatable bonds is 4. The highest BCUT2D eigenvalue weighted by atomic mass is 79.9. The summed E-state index contributed by atoms with van der Waals surface area (Å²) in [6.45, 7) is 0. The molecule has 0 radical (unpaired) electrons. The molecule has 1 aromatic heterocycles. The molecule has 1 aromatic rings. The van der Waals surface area contributed by atoms with Gasteiger partial charge in [-0.2, -0.15) is 0 Å². The Morgan fingerprint density at radius 1 is 1.53 bits per heavy atom. The molecule has 0 saturated carbocycles. The summed E-state index contributed by atoms with van der Waals surface area (Å²) < 4.78 is 0. The molecule has 1 heterocycles. The zero-order chi connectivity index (χ0) is 11.4. The molecule has 0 aliphatic rings. The monoisotopic (exact) mass is 275 g/mol. The van der Waals surface area contributed by atoms with Crippen LogP contribution in [0.4, 0.5) is 0 Å². The molecule has 0 aliphatic carbocycles. The summed E-state index contributed by atoms with van der Waals surface area (Å²) in [7, 11) is 0. The Kier molecular flexibility index (Phi) is 4.19. The van der Waals surface area contributed by atoms with Gasteiger partial charge in [-0.3, -0.25) is 4.98 Å². The van der Waals surface area contributed by atoms with Crippen molar-refractivity contribution >= 4 is 21.9 Å². The molecule has 0 amide bonds. The third-order valence-corrected chi connectivity index (χ3v) is 2.59. The fraction of sp³-hybridized carbons (Fsp3) is 0.333. The molecule has 82 valence electrons. The number of nitrogens with zero attached hydrogens (tertiary/aromatic N) is 1. The summed E-state index contributed by atoms with van der Waals surface area (Å²) in [6, 6.07) is 1.28. The SMILES string of the molecule is O=C(O)c1ccncc1C(O)C(O)CBr. The number of pyridine rings is 1. The summed E-state index contributed by atoms with van der Waals surface area (Å²) in [6.07, 6.45) is 0.233. The van der Waals surface area contributed by atoms with E-state index in [-0.39, 0.29) is 16.5 Å². The number of carbonyl (C=O) groups is 1. The summed E-state index contributed by atoms with van der Waals surface area (Å²) >= 11 is 3.00. The van der Waals surface area contributed by atoms with Crippen LogP contribution < -0.4 is 0 Å². The summed E-state index contributed by atoms with van der Waals surface area (Å²) in [5, 5.41) is 28.0. The van der Waals surface area contributed by atoms with Crippen LogP contribution in [0.15, 0.2) is 18.5 Å². The van der Waals surface area contributed by atoms with Gasteiger partial charge in [0.05, 0.1) is 11.7 Å². The van der Waals surface area contributed by atoms with E-state index in [1.165, 1.54) is 18.5 Å². The van der Waals surface area contributed by atoms with Crippen molar-refractivity contribution in [3.8, 4) is 0 Å². The standard InChI is InChI=1S/C9H10BrNO4/c10-3-7(12)8(13)6-4-11-2-1-5(6)9(14)15/h1-2,4,7-8,12-13H,3H2,(H,14,15). The van der Waals surface area contributed by atoms with Gasteiger partial charge in [0.25, 0.3) is 0 Å². The summed E-state index contributed by atoms with van der Waals surface area (Å²) in [5.74, 6) is -1.16. The number of hydrogen-bond acceptors (Lipinski definition) is 4. The minimum absolute atomic E-state index is 0.0579. The molecule has 6 heteroatoms. The van der Waals surface area contributed by atoms with E-state index in [4.69, 9.17) is 5.11 Å². The van der Waals surface area contributed by atoms with Gasteiger partial charge < -0.3 is 15.3 Å². The quantitative estimate of drug-likeness (QED) is 0.699. The molecule has 0 spiro atoms. The van der Waals surface area contributed by atoms with Gasteiger partial charge in [-0.05, 0) is 6.07 Å². The van der Waals surface area contributed by atoms with E-state index in [2.05, 4.69) is 20.9 Å². The minimum atomic E-state index is -1.26. The van der Waals surface area contributed by atoms with Crippen molar-refractivity contribution in [3.63, 3.8) is 0 Å². The first-order valence-electron chi connectivity index (χ1n) is 4.17. The molecule has 0 saturated heterocycles. The normalized spacial score (nSPS) is 14.6. The van der Waals surface area contributed by atoms with Crippen molar-refractivity contribution in [2.75, 3.05) is 5.33 Å². The van der Waals surface area contributed by atoms with Crippen molar-refractivity contribution in [3.05, 3.63) is 29.6 Å². The fourth-order valence-corrected chi connectivity index (χ4v) is 1.48. The van der Waals surface area contributed by atoms with Crippen LogP contribution in [-0.2, 0) is 0 Å². The fourth-order valence-electron chi connectivity index (χ4n) is 1.13. The highest BCUT2D eigenvalue weighted by Crippen LogP contribution is 2.21. The van der Waals surface area contributed by atoms with Crippen LogP contribution in [0.2, 0.25) is 0 Å². The lowest BCUT2D eigenvalue weighted by Crippen LogP contribution is -2.22. The van der Waals surface area contributed by atoms with E-state index in [1.807, 2.05) is 0 Å². The molecule has 0 aromatic carbocycles. The zero-order valence-corrected chi connectivity index (χ0v) is 9.25. The smallest absolute Gasteiger partial charge is 0.336 e. The first-order valence-corrected chi connectivity index (χ1v) is 5.29. The van der Waals surface area contributed by atoms with E-state index in [1.54, 1.807) is 0 Å². The van der Waals surface area contributed by atoms with Crippen LogP contribution in [0.5, 0.6) is 0 Å². The van der Waals surface area contributed by atoms with Gasteiger partial charge >= 0.3 is 5.97 Å². The highest BCUT2D eigenvalue weighted by molar-refractivity contribution is 9.09. The lowest BCUT2D eigenvalue weighted by molar-refractivity contribution is 0.0325. The molecule has 0 fully saturated rings. The zero-order valence-electron chi connectivity index (χ0n) is 7.67. The van der Waals surface area contributed by atoms with E-state index >= 15 is 0 Å². The number of hydrogen-bond donors (Lipinski definition) is 3. The van der Waals surface area contributed by atoms with Gasteiger partial charge in [-0.1, -0.05) is 15.9 Å². The van der Waals surface area contributed by atoms with Crippen LogP contribution in [0.3, 0.4) is 0 Å². The van der Waals surface area contributed by atoms with Gasteiger partial charge in [0.1, 0.15) is 6.10 Å². The molecular weight excluding hydrogens is 266 g/mol. The first kappa shape index (κ1) is 12.1. The van der Waals surface area contributed by atoms with E-state index < -0.39 is 18.2 Å². The topological polar surface area (TPSA) is 90.7 Å². The largest absolute Gasteiger partial charge is 0.478 e. The highest BCUT2D eigenvalue weighted by Gasteiger charge is 2.22. The number of carboxylic acids is 1. The molecular formula is C9H10BrNO4. The summed E-state index contributed by atoms with van der Waals surface area (Å²) in [4.78, 5) is 14.5. The van der Waals surface area contributed by atoms with Gasteiger partial charge in [-0.25, -0.2) is 4.79 Å². The van der Waals surface area contributed by atoms with Crippen molar-refractivity contribution in [2.24, 2.45) is 0 Å². The number of alkyl halides is 1. The van der Waals surface area contributed by atoms with Crippen molar-refractivity contribution in [1.82, 2.24) is 4.98 Å². The third-order valence-electron chi connectivity index (χ3n) is 1.92. The number of aromatic carboxylic acids is 1. The molecule has 3 N–H and O–H groups in total. The Morgan fingerprint density at radius 2 is 2.20 bits per heavy atom. The van der Waals surface area contributed by atoms with Gasteiger partial charge in [-0.15, -0.1) is 0 Å². The maximum Gasteiger partial charge on any atom is 0.336 e. The Balaban J connectivity index is 3.07. The Morgan fingerprint density at radius 3 is 2.73 bits per heavy atom. The lowest BCUT2D eigenvalue weighted by Gasteiger charge is -2.16. The van der Waals surface area contributed by atoms with E-state index in [0.29, 0.717) is 0 Å². The number of aliphatic hydroxyl groups is 2. The van der Waals surface area contributed by atoms with E-state index in [0.717, 1.165) is 0 Å². The van der Waals surface area contributed by atoms with Crippen LogP contribution >= 0.6 is 15.9 Å². The van der Waals surface area contributed by atoms with Crippen LogP contribution in [-0.4, -0.2) is 37.7 Å². The second-order valence-corrected chi connectivity index (χ2v) is 3.58. The van der Waals surface area contributed by atoms with Crippen molar-refractivity contribution in [1.29, 1.82) is 0 Å². The van der Waals surface area contributed by atoms with Crippen LogP contribution in [0.25, 0.3) is 0 Å². The average Bonchev–Trinajstić information content (AvgIpc) is 2.27. The predicted molar refractivity (Wildman–Crippen MR) is 56.0 cm³/mol. The van der Waals surface area contributed by atoms with E-state index in [9.17, 15) is 15.0 Å². The molecule has 15 heavy (non-hydrogen) atoms. The average molecular weight is 276 g/mol. The molecule has 0 bridgehead atoms. The first-order chi connectivity index (χ1) is 7.07. The molecule has 0 aliphatic heterocycles. The third kappa shape index (κ3) is 2.74. The minimum Gasteiger partial charge on any atom is -0.478 e. The van der Waals surface area contributed by atoms with Gasteiger partial charge in [0.15, 0.2) is 0 Å². The Hall–Kier alpha value is -0.980. The van der Waals surface area contributed by atoms with Crippen LogP contribution in [0.1, 0.15) is 22.0 Å². The second-order valence-electron chi connectivity index (χ2n) is 2.93. The summed E-state index contributed by atoms with van der Waals surface area (Å²) in [5.41, 5.74) is 0.0504. The maximum atomic E-state index is 10.8. The second kappa shape index (κ2) is 5.20. The maximum absolute atomic E-state index is 10.8. The van der Waals surface area contributed by atoms with Gasteiger partial charge in [0, 0.05) is 23.3 Å². The van der Waals surface area contributed by atoms with Crippen LogP contribution in [0, 0.1) is 0 Å². The van der Waals surface area contributed by atoms with Gasteiger partial charge in [0.2, 0.25) is 0 Å². The predicted octanol–water partition coefficient (Wildman–Crippen LogP) is 0.569. The molecule has 2 atom stereocenters. The van der Waals surface area contributed by atoms with Crippen molar-refractivity contribution < 1.29 is 20.1 Å². The number of aromatic nitrogens is 1. The molecule has 5 nitrogen and oxygen atoms in total. The number of aliphatic hydroxyl groups excluding tert-OH is 2.